The molecule has 20 heteroatoms. The molecule has 0 aliphatic heterocycles. The number of carbonyl (C=O) groups excluding carboxylic acids is 4. The van der Waals surface area contributed by atoms with Crippen molar-refractivity contribution in [2.45, 2.75) is 115 Å². The van der Waals surface area contributed by atoms with E-state index in [1.807, 2.05) is 65.8 Å². The Morgan fingerprint density at radius 3 is 1.25 bits per heavy atom. The summed E-state index contributed by atoms with van der Waals surface area (Å²) in [5.74, 6) is -0.0154. The predicted octanol–water partition coefficient (Wildman–Crippen LogP) is 7.33. The zero-order valence-electron chi connectivity index (χ0n) is 40.7. The molecule has 68 heavy (non-hydrogen) atoms. The number of unbranched alkanes of at least 4 members (excludes halogenated alkanes) is 2. The van der Waals surface area contributed by atoms with E-state index in [4.69, 9.17) is 33.1 Å². The highest BCUT2D eigenvalue weighted by Crippen LogP contribution is 2.41. The van der Waals surface area contributed by atoms with Gasteiger partial charge in [0.2, 0.25) is 11.8 Å². The topological polar surface area (TPSA) is 312 Å². The summed E-state index contributed by atoms with van der Waals surface area (Å²) in [5, 5.41) is 54.2. The molecule has 0 aromatic heterocycles. The largest absolute Gasteiger partial charge is 0.374 e. The van der Waals surface area contributed by atoms with Gasteiger partial charge in [-0.3, -0.25) is 40.8 Å². The fraction of sp³-hybridized carbons (Fsp3) is 0.458. The minimum Gasteiger partial charge on any atom is -0.374 e. The molecule has 4 amide bonds. The maximum absolute atomic E-state index is 14.3. The predicted molar refractivity (Wildman–Crippen MR) is 282 cm³/mol. The van der Waals surface area contributed by atoms with E-state index in [0.29, 0.717) is 108 Å². The van der Waals surface area contributed by atoms with Crippen LogP contribution in [0.5, 0.6) is 0 Å². The minimum atomic E-state index is -0.488. The second-order valence-electron chi connectivity index (χ2n) is 18.3. The summed E-state index contributed by atoms with van der Waals surface area (Å²) in [4.78, 5) is 56.4. The van der Waals surface area contributed by atoms with Gasteiger partial charge in [-0.25, -0.2) is 0 Å². The Bertz CT molecular complexity index is 2150. The fourth-order valence-corrected chi connectivity index (χ4v) is 8.35. The molecule has 0 saturated heterocycles. The van der Waals surface area contributed by atoms with E-state index in [2.05, 4.69) is 42.5 Å². The van der Waals surface area contributed by atoms with E-state index in [1.54, 1.807) is 32.0 Å². The molecule has 16 N–H and O–H groups in total. The normalized spacial score (nSPS) is 11.2. The third-order valence-electron chi connectivity index (χ3n) is 10.1. The van der Waals surface area contributed by atoms with Crippen LogP contribution in [-0.4, -0.2) is 84.9 Å². The van der Waals surface area contributed by atoms with Crippen LogP contribution in [0.15, 0.2) is 58.3 Å². The van der Waals surface area contributed by atoms with Crippen molar-refractivity contribution in [2.75, 3.05) is 59.0 Å². The number of hydrogen-bond donors (Lipinski definition) is 14. The van der Waals surface area contributed by atoms with Crippen molar-refractivity contribution in [3.63, 3.8) is 0 Å². The second kappa shape index (κ2) is 26.9. The number of nitrogens with two attached hydrogens (primary N) is 2. The summed E-state index contributed by atoms with van der Waals surface area (Å²) in [6.07, 6.45) is 3.00. The van der Waals surface area contributed by atoms with Crippen LogP contribution < -0.4 is 54.0 Å². The molecule has 0 heterocycles. The van der Waals surface area contributed by atoms with Crippen LogP contribution in [0.3, 0.4) is 0 Å². The zero-order valence-corrected chi connectivity index (χ0v) is 42.3. The highest BCUT2D eigenvalue weighted by Gasteiger charge is 2.25. The van der Waals surface area contributed by atoms with Crippen molar-refractivity contribution >= 4 is 93.5 Å². The van der Waals surface area contributed by atoms with Crippen molar-refractivity contribution in [1.29, 1.82) is 21.6 Å². The van der Waals surface area contributed by atoms with Gasteiger partial charge >= 0.3 is 0 Å². The Balaban J connectivity index is 2.00. The standard InChI is InChI=1S/C48H72N14O4S2/c1-29(49)55-18-11-9-16-39(63)59-35-25-33(47(3,4)5)27-37(41(35)67-22-20-56-30(2)50)61-43(65)31-14-13-15-32(24-31)44(66)62-38-28-34(48(6,7)8)26-36(42(38)68-23-21-58-46(53)54)60-40(64)17-10-12-19-57-45(51)52/h13-15,24-28H,9-12,16-23H2,1-8H3,(H2,49,55)(H2,50,56)(H,59,63)(H,60,64)(H,61,65)(H,62,66)(H4,51,52,57)(H4,53,54,58). The molecule has 370 valence electrons. The lowest BCUT2D eigenvalue weighted by molar-refractivity contribution is -0.117. The molecule has 3 aromatic rings. The Morgan fingerprint density at radius 1 is 0.515 bits per heavy atom. The molecule has 0 aliphatic carbocycles. The number of carbonyl (C=O) groups is 4. The first-order valence-corrected chi connectivity index (χ1v) is 24.6. The van der Waals surface area contributed by atoms with E-state index in [9.17, 15) is 19.2 Å². The number of nitrogens with one attached hydrogen (secondary N) is 12. The number of thioether (sulfide) groups is 2. The summed E-state index contributed by atoms with van der Waals surface area (Å²) < 4.78 is 0. The van der Waals surface area contributed by atoms with Crippen molar-refractivity contribution in [3.05, 3.63) is 70.8 Å². The Morgan fingerprint density at radius 2 is 0.868 bits per heavy atom. The number of guanidine groups is 2. The SMILES string of the molecule is CC(=N)NCCCCC(=O)Nc1cc(C(C)(C)C)cc(NC(=O)c2cccc(C(=O)Nc3cc(C(C)(C)C)cc(NC(=O)CCCCNC(=N)N)c3SCCNC(=N)N)c2)c1SCCNC(C)=N. The highest BCUT2D eigenvalue weighted by molar-refractivity contribution is 7.99. The first kappa shape index (κ1) is 56.0. The number of hydrogen-bond acceptors (Lipinski definition) is 10. The third kappa shape index (κ3) is 19.9. The first-order chi connectivity index (χ1) is 31.9. The van der Waals surface area contributed by atoms with Crippen LogP contribution in [-0.2, 0) is 20.4 Å². The summed E-state index contributed by atoms with van der Waals surface area (Å²) >= 11 is 2.81. The van der Waals surface area contributed by atoms with Crippen LogP contribution in [0.1, 0.15) is 126 Å². The molecule has 0 atom stereocenters. The smallest absolute Gasteiger partial charge is 0.255 e. The molecule has 3 aromatic carbocycles. The third-order valence-corrected chi connectivity index (χ3v) is 12.4. The summed E-state index contributed by atoms with van der Waals surface area (Å²) in [6, 6.07) is 14.0. The lowest BCUT2D eigenvalue weighted by Crippen LogP contribution is -2.31. The number of amidine groups is 2. The van der Waals surface area contributed by atoms with Gasteiger partial charge in [-0.05, 0) is 104 Å². The van der Waals surface area contributed by atoms with Crippen LogP contribution in [0.4, 0.5) is 22.7 Å². The number of benzene rings is 3. The number of amides is 4. The van der Waals surface area contributed by atoms with Gasteiger partial charge in [-0.15, -0.1) is 23.5 Å². The van der Waals surface area contributed by atoms with Crippen LogP contribution in [0, 0.1) is 21.6 Å². The van der Waals surface area contributed by atoms with Gasteiger partial charge in [-0.2, -0.15) is 0 Å². The van der Waals surface area contributed by atoms with Gasteiger partial charge in [0.25, 0.3) is 11.8 Å². The first-order valence-electron chi connectivity index (χ1n) is 22.6. The van der Waals surface area contributed by atoms with Gasteiger partial charge in [0, 0.05) is 61.7 Å². The quantitative estimate of drug-likeness (QED) is 0.0182. The lowest BCUT2D eigenvalue weighted by Gasteiger charge is -2.25. The zero-order chi connectivity index (χ0) is 50.6. The highest BCUT2D eigenvalue weighted by atomic mass is 32.2. The minimum absolute atomic E-state index is 0.130. The molecule has 0 saturated carbocycles. The van der Waals surface area contributed by atoms with Gasteiger partial charge < -0.3 is 54.0 Å². The van der Waals surface area contributed by atoms with Crippen LogP contribution >= 0.6 is 23.5 Å². The summed E-state index contributed by atoms with van der Waals surface area (Å²) in [5.41, 5.74) is 14.3. The molecule has 3 rings (SSSR count). The van der Waals surface area contributed by atoms with Gasteiger partial charge in [0.15, 0.2) is 11.9 Å². The molecule has 0 bridgehead atoms. The molecule has 0 fully saturated rings. The average Bonchev–Trinajstić information content (AvgIpc) is 3.23. The molecule has 18 nitrogen and oxygen atoms in total. The van der Waals surface area contributed by atoms with Crippen molar-refractivity contribution in [3.8, 4) is 0 Å². The molecular weight excluding hydrogens is 901 g/mol. The van der Waals surface area contributed by atoms with Gasteiger partial charge in [0.1, 0.15) is 0 Å². The second-order valence-corrected chi connectivity index (χ2v) is 20.5. The van der Waals surface area contributed by atoms with E-state index in [0.717, 1.165) is 11.1 Å². The van der Waals surface area contributed by atoms with Crippen LogP contribution in [0.2, 0.25) is 0 Å². The molecule has 0 spiro atoms. The van der Waals surface area contributed by atoms with E-state index in [1.165, 1.54) is 29.6 Å². The van der Waals surface area contributed by atoms with Crippen LogP contribution in [0.25, 0.3) is 0 Å². The van der Waals surface area contributed by atoms with Crippen molar-refractivity contribution in [2.24, 2.45) is 11.5 Å². The van der Waals surface area contributed by atoms with E-state index < -0.39 is 11.8 Å². The lowest BCUT2D eigenvalue weighted by atomic mass is 9.86. The molecule has 0 aliphatic rings. The maximum Gasteiger partial charge on any atom is 0.255 e. The number of anilines is 4. The molecule has 0 unspecified atom stereocenters. The van der Waals surface area contributed by atoms with E-state index in [-0.39, 0.29) is 58.5 Å². The monoisotopic (exact) mass is 973 g/mol. The van der Waals surface area contributed by atoms with Crippen molar-refractivity contribution < 1.29 is 19.2 Å². The Hall–Kier alpha value is -6.28. The Labute approximate surface area is 409 Å². The maximum atomic E-state index is 14.3. The summed E-state index contributed by atoms with van der Waals surface area (Å²) in [6.45, 7) is 17.4. The summed E-state index contributed by atoms with van der Waals surface area (Å²) in [7, 11) is 0. The molecule has 0 radical (unpaired) electrons. The fourth-order valence-electron chi connectivity index (χ4n) is 6.47. The number of rotatable bonds is 24. The molecular formula is C48H72N14O4S2. The van der Waals surface area contributed by atoms with E-state index >= 15 is 0 Å². The Kier molecular flexibility index (Phi) is 22.2. The van der Waals surface area contributed by atoms with Gasteiger partial charge in [-0.1, -0.05) is 47.6 Å². The average molecular weight is 973 g/mol. The van der Waals surface area contributed by atoms with Gasteiger partial charge in [0.05, 0.1) is 44.2 Å². The van der Waals surface area contributed by atoms with Crippen molar-refractivity contribution in [1.82, 2.24) is 21.3 Å².